The first kappa shape index (κ1) is 16.8. The molecule has 2 N–H and O–H groups in total. The zero-order valence-corrected chi connectivity index (χ0v) is 13.4. The molecule has 0 atom stereocenters. The van der Waals surface area contributed by atoms with Crippen LogP contribution < -0.4 is 10.6 Å². The largest absolute Gasteiger partial charge is 0.366 e. The second kappa shape index (κ2) is 7.21. The average Bonchev–Trinajstić information content (AvgIpc) is 2.57. The van der Waals surface area contributed by atoms with E-state index in [2.05, 4.69) is 20.6 Å². The smallest absolute Gasteiger partial charge is 0.160 e. The second-order valence-corrected chi connectivity index (χ2v) is 5.42. The summed E-state index contributed by atoms with van der Waals surface area (Å²) in [5, 5.41) is 6.03. The summed E-state index contributed by atoms with van der Waals surface area (Å²) in [6.07, 6.45) is 0. The van der Waals surface area contributed by atoms with Crippen LogP contribution in [0.4, 0.5) is 30.5 Å². The summed E-state index contributed by atoms with van der Waals surface area (Å²) in [7, 11) is 0. The molecule has 0 radical (unpaired) electrons. The topological polar surface area (TPSA) is 49.8 Å². The van der Waals surface area contributed by atoms with Crippen LogP contribution in [0.2, 0.25) is 0 Å². The zero-order chi connectivity index (χ0) is 17.8. The third-order valence-electron chi connectivity index (χ3n) is 3.42. The first-order valence-electron chi connectivity index (χ1n) is 7.56. The maximum absolute atomic E-state index is 13.3. The molecule has 0 spiro atoms. The van der Waals surface area contributed by atoms with Crippen LogP contribution in [0.1, 0.15) is 11.4 Å². The number of nitrogens with zero attached hydrogens (tertiary/aromatic N) is 2. The first-order chi connectivity index (χ1) is 12.0. The predicted octanol–water partition coefficient (Wildman–Crippen LogP) is 4.56. The molecule has 128 valence electrons. The molecule has 3 aromatic rings. The number of anilines is 3. The molecule has 0 aliphatic carbocycles. The Morgan fingerprint density at radius 3 is 2.28 bits per heavy atom. The van der Waals surface area contributed by atoms with Gasteiger partial charge in [0.15, 0.2) is 11.6 Å². The highest BCUT2D eigenvalue weighted by molar-refractivity contribution is 5.59. The Bertz CT molecular complexity index is 882. The van der Waals surface area contributed by atoms with E-state index in [-0.39, 0.29) is 5.82 Å². The number of aryl methyl sites for hydroxylation is 1. The van der Waals surface area contributed by atoms with E-state index in [0.29, 0.717) is 29.7 Å². The molecule has 4 nitrogen and oxygen atoms in total. The van der Waals surface area contributed by atoms with Gasteiger partial charge in [-0.2, -0.15) is 0 Å². The van der Waals surface area contributed by atoms with Gasteiger partial charge >= 0.3 is 0 Å². The Morgan fingerprint density at radius 1 is 0.840 bits per heavy atom. The van der Waals surface area contributed by atoms with Crippen molar-refractivity contribution < 1.29 is 13.2 Å². The Morgan fingerprint density at radius 2 is 1.56 bits per heavy atom. The van der Waals surface area contributed by atoms with E-state index in [0.717, 1.165) is 17.7 Å². The van der Waals surface area contributed by atoms with Gasteiger partial charge in [-0.05, 0) is 36.8 Å². The van der Waals surface area contributed by atoms with Crippen molar-refractivity contribution >= 4 is 17.3 Å². The third kappa shape index (κ3) is 4.47. The normalized spacial score (nSPS) is 10.6. The van der Waals surface area contributed by atoms with Gasteiger partial charge in [0.05, 0.1) is 0 Å². The molecule has 25 heavy (non-hydrogen) atoms. The van der Waals surface area contributed by atoms with Gasteiger partial charge in [-0.3, -0.25) is 0 Å². The predicted molar refractivity (Wildman–Crippen MR) is 90.1 cm³/mol. The van der Waals surface area contributed by atoms with Crippen molar-refractivity contribution in [2.45, 2.75) is 13.5 Å². The van der Waals surface area contributed by atoms with Gasteiger partial charge in [0.25, 0.3) is 0 Å². The summed E-state index contributed by atoms with van der Waals surface area (Å²) in [5.74, 6) is -0.632. The monoisotopic (exact) mass is 344 g/mol. The summed E-state index contributed by atoms with van der Waals surface area (Å²) < 4.78 is 39.2. The summed E-state index contributed by atoms with van der Waals surface area (Å²) >= 11 is 0. The van der Waals surface area contributed by atoms with Crippen LogP contribution in [-0.4, -0.2) is 9.97 Å². The van der Waals surface area contributed by atoms with E-state index in [9.17, 15) is 13.2 Å². The van der Waals surface area contributed by atoms with Crippen molar-refractivity contribution in [2.75, 3.05) is 10.6 Å². The van der Waals surface area contributed by atoms with Crippen molar-refractivity contribution in [3.63, 3.8) is 0 Å². The standard InChI is InChI=1S/C18H15F3N4/c1-11-23-17(22-10-12-2-4-13(19)5-3-12)9-18(24-11)25-14-6-7-15(20)16(21)8-14/h2-9H,10H2,1H3,(H2,22,23,24,25). The zero-order valence-electron chi connectivity index (χ0n) is 13.4. The van der Waals surface area contributed by atoms with Crippen molar-refractivity contribution in [3.8, 4) is 0 Å². The lowest BCUT2D eigenvalue weighted by Gasteiger charge is -2.10. The molecule has 0 aliphatic rings. The van der Waals surface area contributed by atoms with E-state index >= 15 is 0 Å². The van der Waals surface area contributed by atoms with Crippen LogP contribution in [-0.2, 0) is 6.54 Å². The van der Waals surface area contributed by atoms with Crippen molar-refractivity contribution in [2.24, 2.45) is 0 Å². The first-order valence-corrected chi connectivity index (χ1v) is 7.56. The number of benzene rings is 2. The lowest BCUT2D eigenvalue weighted by molar-refractivity contribution is 0.509. The molecular formula is C18H15F3N4. The lowest BCUT2D eigenvalue weighted by Crippen LogP contribution is -2.05. The quantitative estimate of drug-likeness (QED) is 0.712. The average molecular weight is 344 g/mol. The maximum atomic E-state index is 13.3. The molecule has 0 fully saturated rings. The Hall–Kier alpha value is -3.09. The van der Waals surface area contributed by atoms with Gasteiger partial charge < -0.3 is 10.6 Å². The van der Waals surface area contributed by atoms with Crippen molar-refractivity contribution in [1.29, 1.82) is 0 Å². The molecule has 0 unspecified atom stereocenters. The van der Waals surface area contributed by atoms with Crippen LogP contribution >= 0.6 is 0 Å². The minimum atomic E-state index is -0.939. The summed E-state index contributed by atoms with van der Waals surface area (Å²) in [5.41, 5.74) is 1.27. The van der Waals surface area contributed by atoms with E-state index in [1.807, 2.05) is 0 Å². The Labute approximate surface area is 142 Å². The van der Waals surface area contributed by atoms with Crippen LogP contribution in [0, 0.1) is 24.4 Å². The molecule has 7 heteroatoms. The molecular weight excluding hydrogens is 329 g/mol. The van der Waals surface area contributed by atoms with Crippen LogP contribution in [0.5, 0.6) is 0 Å². The van der Waals surface area contributed by atoms with E-state index < -0.39 is 11.6 Å². The number of aromatic nitrogens is 2. The summed E-state index contributed by atoms with van der Waals surface area (Å²) in [6.45, 7) is 2.18. The van der Waals surface area contributed by atoms with Crippen molar-refractivity contribution in [1.82, 2.24) is 9.97 Å². The van der Waals surface area contributed by atoms with Crippen molar-refractivity contribution in [3.05, 3.63) is 77.4 Å². The number of nitrogens with one attached hydrogen (secondary N) is 2. The fourth-order valence-electron chi connectivity index (χ4n) is 2.24. The van der Waals surface area contributed by atoms with E-state index in [1.54, 1.807) is 25.1 Å². The minimum absolute atomic E-state index is 0.292. The molecule has 1 heterocycles. The fraction of sp³-hybridized carbons (Fsp3) is 0.111. The van der Waals surface area contributed by atoms with Gasteiger partial charge in [0, 0.05) is 24.4 Å². The number of hydrogen-bond acceptors (Lipinski definition) is 4. The Balaban J connectivity index is 1.73. The third-order valence-corrected chi connectivity index (χ3v) is 3.42. The molecule has 3 rings (SSSR count). The van der Waals surface area contributed by atoms with Gasteiger partial charge in [-0.1, -0.05) is 12.1 Å². The highest BCUT2D eigenvalue weighted by atomic mass is 19.2. The number of hydrogen-bond donors (Lipinski definition) is 2. The van der Waals surface area contributed by atoms with Crippen LogP contribution in [0.15, 0.2) is 48.5 Å². The molecule has 0 saturated carbocycles. The molecule has 0 aliphatic heterocycles. The van der Waals surface area contributed by atoms with Gasteiger partial charge in [-0.25, -0.2) is 23.1 Å². The maximum Gasteiger partial charge on any atom is 0.160 e. The molecule has 1 aromatic heterocycles. The van der Waals surface area contributed by atoms with Crippen LogP contribution in [0.25, 0.3) is 0 Å². The van der Waals surface area contributed by atoms with Crippen LogP contribution in [0.3, 0.4) is 0 Å². The highest BCUT2D eigenvalue weighted by Crippen LogP contribution is 2.20. The summed E-state index contributed by atoms with van der Waals surface area (Å²) in [6, 6.07) is 11.3. The molecule has 0 amide bonds. The van der Waals surface area contributed by atoms with E-state index in [4.69, 9.17) is 0 Å². The molecule has 0 saturated heterocycles. The molecule has 2 aromatic carbocycles. The number of halogens is 3. The highest BCUT2D eigenvalue weighted by Gasteiger charge is 2.06. The van der Waals surface area contributed by atoms with Gasteiger partial charge in [-0.15, -0.1) is 0 Å². The Kier molecular flexibility index (Phi) is 4.83. The SMILES string of the molecule is Cc1nc(NCc2ccc(F)cc2)cc(Nc2ccc(F)c(F)c2)n1. The lowest BCUT2D eigenvalue weighted by atomic mass is 10.2. The van der Waals surface area contributed by atoms with Gasteiger partial charge in [0.1, 0.15) is 23.3 Å². The fourth-order valence-corrected chi connectivity index (χ4v) is 2.24. The van der Waals surface area contributed by atoms with E-state index in [1.165, 1.54) is 18.2 Å². The minimum Gasteiger partial charge on any atom is -0.366 e. The number of rotatable bonds is 5. The molecule has 0 bridgehead atoms. The van der Waals surface area contributed by atoms with Gasteiger partial charge in [0.2, 0.25) is 0 Å². The summed E-state index contributed by atoms with van der Waals surface area (Å²) in [4.78, 5) is 8.49. The second-order valence-electron chi connectivity index (χ2n) is 5.42.